The number of rotatable bonds is 7. The van der Waals surface area contributed by atoms with Gasteiger partial charge in [0.05, 0.1) is 28.1 Å². The van der Waals surface area contributed by atoms with Gasteiger partial charge < -0.3 is 30.9 Å². The van der Waals surface area contributed by atoms with Gasteiger partial charge in [-0.05, 0) is 74.8 Å². The third-order valence-corrected chi connectivity index (χ3v) is 9.97. The van der Waals surface area contributed by atoms with Crippen molar-refractivity contribution < 1.29 is 37.5 Å². The minimum atomic E-state index is -4.77. The number of alkyl halides is 3. The monoisotopic (exact) mass is 677 g/mol. The number of hydrogen-bond donors (Lipinski definition) is 3. The first-order chi connectivity index (χ1) is 22.2. The normalized spacial score (nSPS) is 21.5. The number of carbonyl (C=O) groups is 4. The van der Waals surface area contributed by atoms with Gasteiger partial charge in [-0.15, -0.1) is 0 Å². The first kappa shape index (κ1) is 34.3. The SMILES string of the molecule is CC1CC(C(=O)O)CCN1C(=O)[C@H](CC(=O)N1CCC(N2CCc3ccccc3NC2=O)CC1)Cc1cc(Cl)c(N)c(C(F)(F)F)c1. The van der Waals surface area contributed by atoms with Gasteiger partial charge in [0.2, 0.25) is 11.8 Å². The number of urea groups is 1. The zero-order valence-corrected chi connectivity index (χ0v) is 26.8. The van der Waals surface area contributed by atoms with Crippen LogP contribution in [0.1, 0.15) is 55.7 Å². The molecule has 3 atom stereocenters. The molecule has 3 heterocycles. The van der Waals surface area contributed by atoms with E-state index in [9.17, 15) is 37.5 Å². The number of carboxylic acid groups (broad SMARTS) is 1. The van der Waals surface area contributed by atoms with Crippen LogP contribution in [0.5, 0.6) is 0 Å². The van der Waals surface area contributed by atoms with Crippen LogP contribution in [0.3, 0.4) is 0 Å². The zero-order chi connectivity index (χ0) is 34.0. The van der Waals surface area contributed by atoms with Crippen LogP contribution in [0.4, 0.5) is 29.3 Å². The third kappa shape index (κ3) is 7.77. The summed E-state index contributed by atoms with van der Waals surface area (Å²) >= 11 is 6.07. The molecule has 3 aliphatic heterocycles. The number of para-hydroxylation sites is 1. The summed E-state index contributed by atoms with van der Waals surface area (Å²) in [7, 11) is 0. The van der Waals surface area contributed by atoms with Crippen molar-refractivity contribution in [3.8, 4) is 0 Å². The van der Waals surface area contributed by atoms with Gasteiger partial charge >= 0.3 is 18.2 Å². The minimum absolute atomic E-state index is 0.0834. The van der Waals surface area contributed by atoms with Crippen molar-refractivity contribution >= 4 is 46.8 Å². The second-order valence-electron chi connectivity index (χ2n) is 12.7. The van der Waals surface area contributed by atoms with Crippen molar-refractivity contribution in [3.05, 3.63) is 58.1 Å². The van der Waals surface area contributed by atoms with E-state index in [4.69, 9.17) is 17.3 Å². The quantitative estimate of drug-likeness (QED) is 0.341. The standard InChI is InChI=1S/C33H39ClF3N5O5/c1-19-14-22(31(45)46)7-12-41(19)30(44)23(15-20-16-25(33(35,36)37)29(38)26(34)17-20)18-28(43)40-10-8-24(9-11-40)42-13-6-21-4-2-3-5-27(21)39-32(42)47/h2-5,16-17,19,22-24H,6-15,18,38H2,1H3,(H,39,47)(H,45,46)/t19?,22?,23-/m0/s1. The average Bonchev–Trinajstić information content (AvgIpc) is 3.19. The summed E-state index contributed by atoms with van der Waals surface area (Å²) in [4.78, 5) is 57.2. The molecule has 47 heavy (non-hydrogen) atoms. The molecule has 2 aromatic rings. The van der Waals surface area contributed by atoms with Gasteiger partial charge in [0, 0.05) is 50.4 Å². The maximum Gasteiger partial charge on any atom is 0.418 e. The second-order valence-corrected chi connectivity index (χ2v) is 13.1. The number of piperidine rings is 2. The lowest BCUT2D eigenvalue weighted by Gasteiger charge is -2.40. The van der Waals surface area contributed by atoms with Crippen LogP contribution >= 0.6 is 11.6 Å². The predicted molar refractivity (Wildman–Crippen MR) is 170 cm³/mol. The number of nitrogens with two attached hydrogens (primary N) is 1. The highest BCUT2D eigenvalue weighted by Gasteiger charge is 2.39. The van der Waals surface area contributed by atoms with E-state index >= 15 is 0 Å². The van der Waals surface area contributed by atoms with Gasteiger partial charge in [-0.25, -0.2) is 4.79 Å². The number of likely N-dealkylation sites (tertiary alicyclic amines) is 2. The molecule has 0 radical (unpaired) electrons. The number of nitrogens with zero attached hydrogens (tertiary/aromatic N) is 3. The number of aliphatic carboxylic acids is 1. The number of nitrogen functional groups attached to an aromatic ring is 1. The number of benzene rings is 2. The molecule has 10 nitrogen and oxygen atoms in total. The smallest absolute Gasteiger partial charge is 0.418 e. The van der Waals surface area contributed by atoms with Crippen LogP contribution in [0.15, 0.2) is 36.4 Å². The fourth-order valence-corrected chi connectivity index (χ4v) is 7.26. The van der Waals surface area contributed by atoms with Crippen molar-refractivity contribution in [3.63, 3.8) is 0 Å². The molecule has 5 rings (SSSR count). The summed E-state index contributed by atoms with van der Waals surface area (Å²) in [6.07, 6.45) is -2.97. The molecule has 2 aromatic carbocycles. The van der Waals surface area contributed by atoms with Crippen molar-refractivity contribution in [2.75, 3.05) is 37.2 Å². The van der Waals surface area contributed by atoms with Crippen molar-refractivity contribution in [2.45, 2.75) is 70.1 Å². The third-order valence-electron chi connectivity index (χ3n) is 9.66. The molecule has 14 heteroatoms. The van der Waals surface area contributed by atoms with Crippen LogP contribution in [-0.2, 0) is 33.4 Å². The Labute approximate surface area is 276 Å². The van der Waals surface area contributed by atoms with E-state index < -0.39 is 47.2 Å². The molecular formula is C33H39ClF3N5O5. The highest BCUT2D eigenvalue weighted by molar-refractivity contribution is 6.33. The number of halogens is 4. The Balaban J connectivity index is 1.29. The Hall–Kier alpha value is -4.00. The summed E-state index contributed by atoms with van der Waals surface area (Å²) in [5.74, 6) is -3.31. The average molecular weight is 678 g/mol. The number of fused-ring (bicyclic) bond motifs is 1. The topological polar surface area (TPSA) is 136 Å². The first-order valence-electron chi connectivity index (χ1n) is 15.8. The summed E-state index contributed by atoms with van der Waals surface area (Å²) in [6, 6.07) is 9.09. The maximum atomic E-state index is 13.9. The Morgan fingerprint density at radius 2 is 1.79 bits per heavy atom. The Morgan fingerprint density at radius 1 is 1.09 bits per heavy atom. The largest absolute Gasteiger partial charge is 0.481 e. The minimum Gasteiger partial charge on any atom is -0.481 e. The van der Waals surface area contributed by atoms with E-state index in [-0.39, 0.29) is 60.8 Å². The summed E-state index contributed by atoms with van der Waals surface area (Å²) in [5, 5.41) is 12.1. The highest BCUT2D eigenvalue weighted by Crippen LogP contribution is 2.39. The summed E-state index contributed by atoms with van der Waals surface area (Å²) in [5.41, 5.74) is 5.84. The fraction of sp³-hybridized carbons (Fsp3) is 0.515. The highest BCUT2D eigenvalue weighted by atomic mass is 35.5. The van der Waals surface area contributed by atoms with Crippen LogP contribution < -0.4 is 11.1 Å². The fourth-order valence-electron chi connectivity index (χ4n) is 7.02. The van der Waals surface area contributed by atoms with Gasteiger partial charge in [-0.1, -0.05) is 29.8 Å². The molecule has 0 saturated carbocycles. The maximum absolute atomic E-state index is 13.9. The van der Waals surface area contributed by atoms with Crippen LogP contribution in [-0.4, -0.2) is 81.9 Å². The molecule has 4 N–H and O–H groups in total. The molecule has 2 unspecified atom stereocenters. The molecule has 4 amide bonds. The van der Waals surface area contributed by atoms with E-state index in [2.05, 4.69) is 5.32 Å². The number of carboxylic acids is 1. The van der Waals surface area contributed by atoms with E-state index in [1.165, 1.54) is 11.0 Å². The Kier molecular flexibility index (Phi) is 10.2. The van der Waals surface area contributed by atoms with Crippen LogP contribution in [0.25, 0.3) is 0 Å². The number of nitrogens with one attached hydrogen (secondary N) is 1. The van der Waals surface area contributed by atoms with Crippen molar-refractivity contribution in [1.82, 2.24) is 14.7 Å². The van der Waals surface area contributed by atoms with Gasteiger partial charge in [-0.3, -0.25) is 14.4 Å². The molecule has 0 aromatic heterocycles. The van der Waals surface area contributed by atoms with Gasteiger partial charge in [0.25, 0.3) is 0 Å². The molecule has 254 valence electrons. The zero-order valence-electron chi connectivity index (χ0n) is 26.1. The molecule has 0 aliphatic carbocycles. The second kappa shape index (κ2) is 14.0. The molecule has 0 spiro atoms. The van der Waals surface area contributed by atoms with E-state index in [1.807, 2.05) is 24.3 Å². The molecule has 3 aliphatic rings. The Morgan fingerprint density at radius 3 is 2.45 bits per heavy atom. The predicted octanol–water partition coefficient (Wildman–Crippen LogP) is 5.28. The lowest BCUT2D eigenvalue weighted by Crippen LogP contribution is -2.51. The van der Waals surface area contributed by atoms with Crippen molar-refractivity contribution in [2.24, 2.45) is 11.8 Å². The van der Waals surface area contributed by atoms with Crippen LogP contribution in [0.2, 0.25) is 5.02 Å². The first-order valence-corrected chi connectivity index (χ1v) is 16.2. The number of anilines is 2. The summed E-state index contributed by atoms with van der Waals surface area (Å²) < 4.78 is 41.2. The van der Waals surface area contributed by atoms with E-state index in [0.717, 1.165) is 17.3 Å². The van der Waals surface area contributed by atoms with Gasteiger partial charge in [-0.2, -0.15) is 13.2 Å². The number of amides is 4. The van der Waals surface area contributed by atoms with E-state index in [1.54, 1.807) is 16.7 Å². The molecular weight excluding hydrogens is 639 g/mol. The van der Waals surface area contributed by atoms with Crippen molar-refractivity contribution in [1.29, 1.82) is 0 Å². The number of hydrogen-bond acceptors (Lipinski definition) is 5. The van der Waals surface area contributed by atoms with Crippen LogP contribution in [0, 0.1) is 11.8 Å². The van der Waals surface area contributed by atoms with Gasteiger partial charge in [0.15, 0.2) is 0 Å². The lowest BCUT2D eigenvalue weighted by atomic mass is 9.88. The Bertz CT molecular complexity index is 1530. The molecule has 2 saturated heterocycles. The van der Waals surface area contributed by atoms with E-state index in [0.29, 0.717) is 38.9 Å². The molecule has 2 fully saturated rings. The molecule has 0 bridgehead atoms. The van der Waals surface area contributed by atoms with Gasteiger partial charge in [0.1, 0.15) is 0 Å². The number of carbonyl (C=O) groups excluding carboxylic acids is 3. The lowest BCUT2D eigenvalue weighted by molar-refractivity contribution is -0.150. The summed E-state index contributed by atoms with van der Waals surface area (Å²) in [6.45, 7) is 3.14.